The molecule has 5 saturated carbocycles. The van der Waals surface area contributed by atoms with Crippen LogP contribution in [-0.4, -0.2) is 5.54 Å². The van der Waals surface area contributed by atoms with Crippen molar-refractivity contribution in [3.63, 3.8) is 0 Å². The first kappa shape index (κ1) is 18.7. The minimum absolute atomic E-state index is 0.180. The summed E-state index contributed by atoms with van der Waals surface area (Å²) in [6.07, 6.45) is 18.5. The maximum absolute atomic E-state index is 7.15. The molecule has 0 aromatic rings. The molecule has 5 rings (SSSR count). The fourth-order valence-electron chi connectivity index (χ4n) is 8.82. The first-order chi connectivity index (χ1) is 12.9. The normalized spacial score (nSPS) is 52.2. The molecular weight excluding hydrogens is 326 g/mol. The van der Waals surface area contributed by atoms with Gasteiger partial charge in [-0.3, -0.25) is 0 Å². The highest BCUT2D eigenvalue weighted by Crippen LogP contribution is 2.64. The first-order valence-electron chi connectivity index (χ1n) is 12.4. The van der Waals surface area contributed by atoms with Gasteiger partial charge in [0, 0.05) is 5.54 Å². The Hall–Kier alpha value is -0.300. The number of fused-ring (bicyclic) bond motifs is 5. The van der Waals surface area contributed by atoms with Crippen LogP contribution in [0.15, 0.2) is 11.1 Å². The Bertz CT molecular complexity index is 614. The summed E-state index contributed by atoms with van der Waals surface area (Å²) >= 11 is 0. The average Bonchev–Trinajstić information content (AvgIpc) is 3.49. The first-order valence-corrected chi connectivity index (χ1v) is 12.4. The van der Waals surface area contributed by atoms with Crippen LogP contribution in [-0.2, 0) is 0 Å². The maximum atomic E-state index is 7.15. The van der Waals surface area contributed by atoms with Crippen molar-refractivity contribution < 1.29 is 0 Å². The van der Waals surface area contributed by atoms with Crippen molar-refractivity contribution in [3.8, 4) is 0 Å². The molecule has 0 spiro atoms. The van der Waals surface area contributed by atoms with Gasteiger partial charge in [0.25, 0.3) is 0 Å². The Morgan fingerprint density at radius 3 is 2.33 bits per heavy atom. The van der Waals surface area contributed by atoms with E-state index in [4.69, 9.17) is 5.73 Å². The van der Waals surface area contributed by atoms with Crippen LogP contribution in [0.1, 0.15) is 104 Å². The average molecular weight is 370 g/mol. The van der Waals surface area contributed by atoms with E-state index in [1.54, 1.807) is 0 Å². The summed E-state index contributed by atoms with van der Waals surface area (Å²) in [7, 11) is 0. The zero-order valence-corrected chi connectivity index (χ0v) is 18.2. The van der Waals surface area contributed by atoms with Gasteiger partial charge in [-0.2, -0.15) is 0 Å². The van der Waals surface area contributed by atoms with E-state index in [1.807, 2.05) is 11.1 Å². The van der Waals surface area contributed by atoms with E-state index >= 15 is 0 Å². The summed E-state index contributed by atoms with van der Waals surface area (Å²) in [5, 5.41) is 0. The molecule has 5 fully saturated rings. The molecule has 0 heterocycles. The van der Waals surface area contributed by atoms with Crippen LogP contribution >= 0.6 is 0 Å². The second-order valence-electron chi connectivity index (χ2n) is 11.8. The van der Waals surface area contributed by atoms with Gasteiger partial charge in [-0.05, 0) is 118 Å². The van der Waals surface area contributed by atoms with Gasteiger partial charge in [0.15, 0.2) is 0 Å². The number of hydrogen-bond acceptors (Lipinski definition) is 1. The van der Waals surface area contributed by atoms with Crippen LogP contribution in [0, 0.1) is 40.9 Å². The Balaban J connectivity index is 1.43. The molecule has 5 aliphatic rings. The van der Waals surface area contributed by atoms with Crippen molar-refractivity contribution in [1.82, 2.24) is 0 Å². The number of hydrogen-bond donors (Lipinski definition) is 1. The Kier molecular flexibility index (Phi) is 4.58. The fraction of sp³-hybridized carbons (Fsp3) is 0.923. The molecule has 0 unspecified atom stereocenters. The van der Waals surface area contributed by atoms with Gasteiger partial charge in [-0.25, -0.2) is 0 Å². The molecule has 1 nitrogen and oxygen atoms in total. The van der Waals surface area contributed by atoms with E-state index < -0.39 is 0 Å². The van der Waals surface area contributed by atoms with Crippen molar-refractivity contribution in [2.45, 2.75) is 110 Å². The predicted octanol–water partition coefficient (Wildman–Crippen LogP) is 6.86. The van der Waals surface area contributed by atoms with Gasteiger partial charge >= 0.3 is 0 Å². The van der Waals surface area contributed by atoms with Crippen LogP contribution in [0.5, 0.6) is 0 Å². The monoisotopic (exact) mass is 369 g/mol. The van der Waals surface area contributed by atoms with E-state index in [9.17, 15) is 0 Å². The third kappa shape index (κ3) is 2.97. The molecule has 0 bridgehead atoms. The zero-order chi connectivity index (χ0) is 18.8. The fourth-order valence-corrected chi connectivity index (χ4v) is 8.82. The SMILES string of the molecule is CC(=C1CC1)[C@H]1CCC[C@H]2[C@@H]3CC[C@]4(N)CC[C@@H](C)CC[C@@H]4[C@H]3CC[C@]12C. The summed E-state index contributed by atoms with van der Waals surface area (Å²) in [6, 6.07) is 0. The highest BCUT2D eigenvalue weighted by atomic mass is 14.8. The molecule has 5 aliphatic carbocycles. The Morgan fingerprint density at radius 2 is 1.56 bits per heavy atom. The van der Waals surface area contributed by atoms with E-state index in [2.05, 4.69) is 20.8 Å². The van der Waals surface area contributed by atoms with Crippen LogP contribution in [0.2, 0.25) is 0 Å². The number of allylic oxidation sites excluding steroid dienone is 2. The highest BCUT2D eigenvalue weighted by Gasteiger charge is 2.57. The molecule has 0 radical (unpaired) electrons. The van der Waals surface area contributed by atoms with Crippen molar-refractivity contribution in [2.75, 3.05) is 0 Å². The summed E-state index contributed by atoms with van der Waals surface area (Å²) < 4.78 is 0. The predicted molar refractivity (Wildman–Crippen MR) is 114 cm³/mol. The minimum Gasteiger partial charge on any atom is -0.325 e. The van der Waals surface area contributed by atoms with Crippen LogP contribution < -0.4 is 5.73 Å². The maximum Gasteiger partial charge on any atom is 0.0185 e. The zero-order valence-electron chi connectivity index (χ0n) is 18.2. The minimum atomic E-state index is 0.180. The molecule has 8 atom stereocenters. The van der Waals surface area contributed by atoms with Gasteiger partial charge in [0.2, 0.25) is 0 Å². The molecule has 0 aromatic carbocycles. The lowest BCUT2D eigenvalue weighted by Gasteiger charge is -2.61. The third-order valence-corrected chi connectivity index (χ3v) is 10.6. The second-order valence-corrected chi connectivity index (χ2v) is 11.8. The summed E-state index contributed by atoms with van der Waals surface area (Å²) in [6.45, 7) is 7.69. The highest BCUT2D eigenvalue weighted by molar-refractivity contribution is 5.28. The molecule has 152 valence electrons. The van der Waals surface area contributed by atoms with Gasteiger partial charge in [-0.1, -0.05) is 37.8 Å². The lowest BCUT2D eigenvalue weighted by atomic mass is 9.44. The number of rotatable bonds is 1. The lowest BCUT2D eigenvalue weighted by Crippen LogP contribution is -2.59. The molecular formula is C26H43N. The second kappa shape index (κ2) is 6.61. The van der Waals surface area contributed by atoms with Gasteiger partial charge in [0.1, 0.15) is 0 Å². The van der Waals surface area contributed by atoms with Crippen LogP contribution in [0.25, 0.3) is 0 Å². The van der Waals surface area contributed by atoms with E-state index in [0.29, 0.717) is 5.41 Å². The lowest BCUT2D eigenvalue weighted by molar-refractivity contribution is -0.0986. The summed E-state index contributed by atoms with van der Waals surface area (Å²) in [4.78, 5) is 0. The molecule has 0 saturated heterocycles. The number of nitrogens with two attached hydrogens (primary N) is 1. The topological polar surface area (TPSA) is 26.0 Å². The van der Waals surface area contributed by atoms with E-state index in [-0.39, 0.29) is 5.54 Å². The quantitative estimate of drug-likeness (QED) is 0.502. The third-order valence-electron chi connectivity index (χ3n) is 10.6. The van der Waals surface area contributed by atoms with Gasteiger partial charge < -0.3 is 5.73 Å². The van der Waals surface area contributed by atoms with Gasteiger partial charge in [-0.15, -0.1) is 0 Å². The molecule has 1 heteroatoms. The van der Waals surface area contributed by atoms with Crippen molar-refractivity contribution in [2.24, 2.45) is 46.7 Å². The van der Waals surface area contributed by atoms with E-state index in [1.165, 1.54) is 83.5 Å². The van der Waals surface area contributed by atoms with Crippen LogP contribution in [0.4, 0.5) is 0 Å². The molecule has 0 aliphatic heterocycles. The molecule has 0 aromatic heterocycles. The Labute approximate surface area is 167 Å². The summed E-state index contributed by atoms with van der Waals surface area (Å²) in [5.41, 5.74) is 11.6. The molecule has 0 amide bonds. The van der Waals surface area contributed by atoms with E-state index in [0.717, 1.165) is 35.5 Å². The van der Waals surface area contributed by atoms with Gasteiger partial charge in [0.05, 0.1) is 0 Å². The largest absolute Gasteiger partial charge is 0.325 e. The standard InChI is InChI=1S/C26H43N/c1-17-7-10-24-21-12-14-25(3)22(18(2)19-8-9-19)5-4-6-23(25)20(21)13-16-26(24,27)15-11-17/h17,20-24H,4-16,27H2,1-3H3/t17-,20+,21-,22+,23-,24+,25+,26+/m0/s1. The van der Waals surface area contributed by atoms with Crippen molar-refractivity contribution in [1.29, 1.82) is 0 Å². The molecule has 2 N–H and O–H groups in total. The van der Waals surface area contributed by atoms with Crippen LogP contribution in [0.3, 0.4) is 0 Å². The Morgan fingerprint density at radius 1 is 0.852 bits per heavy atom. The smallest absolute Gasteiger partial charge is 0.0185 e. The van der Waals surface area contributed by atoms with Crippen molar-refractivity contribution in [3.05, 3.63) is 11.1 Å². The van der Waals surface area contributed by atoms with Crippen molar-refractivity contribution >= 4 is 0 Å². The summed E-state index contributed by atoms with van der Waals surface area (Å²) in [5.74, 6) is 5.53. The molecule has 27 heavy (non-hydrogen) atoms.